The molecule has 0 spiro atoms. The Morgan fingerprint density at radius 1 is 1.47 bits per heavy atom. The minimum Gasteiger partial charge on any atom is -0.327 e. The number of rotatable bonds is 3. The van der Waals surface area contributed by atoms with Crippen molar-refractivity contribution in [2.45, 2.75) is 26.8 Å². The molecule has 0 heterocycles. The third kappa shape index (κ3) is 3.05. The summed E-state index contributed by atoms with van der Waals surface area (Å²) in [6.45, 7) is 5.39. The predicted octanol–water partition coefficient (Wildman–Crippen LogP) is 1.79. The highest BCUT2D eigenvalue weighted by Gasteiger charge is 2.18. The fourth-order valence-electron chi connectivity index (χ4n) is 1.41. The van der Waals surface area contributed by atoms with Gasteiger partial charge in [-0.2, -0.15) is 5.26 Å². The van der Waals surface area contributed by atoms with E-state index in [2.05, 4.69) is 11.4 Å². The summed E-state index contributed by atoms with van der Waals surface area (Å²) in [5.74, 6) is -0.454. The van der Waals surface area contributed by atoms with Crippen molar-refractivity contribution in [3.63, 3.8) is 0 Å². The molecule has 4 heteroatoms. The Hall–Kier alpha value is -1.86. The third-order valence-corrected chi connectivity index (χ3v) is 2.84. The average molecular weight is 231 g/mol. The molecule has 90 valence electrons. The average Bonchev–Trinajstić information content (AvgIpc) is 2.28. The summed E-state index contributed by atoms with van der Waals surface area (Å²) in [7, 11) is 0. The van der Waals surface area contributed by atoms with Crippen LogP contribution in [0.15, 0.2) is 18.2 Å². The van der Waals surface area contributed by atoms with Crippen molar-refractivity contribution in [1.29, 1.82) is 5.26 Å². The summed E-state index contributed by atoms with van der Waals surface area (Å²) in [4.78, 5) is 11.8. The molecule has 4 nitrogen and oxygen atoms in total. The van der Waals surface area contributed by atoms with Gasteiger partial charge in [-0.3, -0.25) is 4.79 Å². The molecule has 1 rings (SSSR count). The molecule has 1 amide bonds. The monoisotopic (exact) mass is 231 g/mol. The van der Waals surface area contributed by atoms with Crippen molar-refractivity contribution in [3.05, 3.63) is 29.3 Å². The lowest BCUT2D eigenvalue weighted by Gasteiger charge is -2.16. The fraction of sp³-hybridized carbons (Fsp3) is 0.385. The molecule has 0 aliphatic heterocycles. The van der Waals surface area contributed by atoms with Gasteiger partial charge in [0.15, 0.2) is 0 Å². The molecule has 0 saturated carbocycles. The standard InChI is InChI=1S/C13H17N3O/c1-8-5-4-6-12(11(8)7-14)16-13(17)9(2)10(3)15/h4-6,9-10H,15H2,1-3H3,(H,16,17). The Bertz CT molecular complexity index is 460. The van der Waals surface area contributed by atoms with Crippen LogP contribution in [-0.2, 0) is 4.79 Å². The highest BCUT2D eigenvalue weighted by molar-refractivity contribution is 5.94. The molecule has 2 unspecified atom stereocenters. The highest BCUT2D eigenvalue weighted by Crippen LogP contribution is 2.19. The smallest absolute Gasteiger partial charge is 0.228 e. The molecule has 2 atom stereocenters. The Labute approximate surface area is 101 Å². The Morgan fingerprint density at radius 2 is 2.12 bits per heavy atom. The maximum absolute atomic E-state index is 11.8. The van der Waals surface area contributed by atoms with E-state index in [1.165, 1.54) is 0 Å². The lowest BCUT2D eigenvalue weighted by atomic mass is 10.0. The lowest BCUT2D eigenvalue weighted by molar-refractivity contribution is -0.119. The van der Waals surface area contributed by atoms with E-state index in [0.717, 1.165) is 5.56 Å². The van der Waals surface area contributed by atoms with Gasteiger partial charge < -0.3 is 11.1 Å². The van der Waals surface area contributed by atoms with Gasteiger partial charge in [0.1, 0.15) is 6.07 Å². The summed E-state index contributed by atoms with van der Waals surface area (Å²) < 4.78 is 0. The van der Waals surface area contributed by atoms with Crippen molar-refractivity contribution in [1.82, 2.24) is 0 Å². The van der Waals surface area contributed by atoms with E-state index < -0.39 is 0 Å². The number of benzene rings is 1. The van der Waals surface area contributed by atoms with Crippen LogP contribution in [0.1, 0.15) is 25.0 Å². The maximum Gasteiger partial charge on any atom is 0.228 e. The summed E-state index contributed by atoms with van der Waals surface area (Å²) >= 11 is 0. The van der Waals surface area contributed by atoms with Crippen LogP contribution in [0, 0.1) is 24.2 Å². The number of hydrogen-bond acceptors (Lipinski definition) is 3. The van der Waals surface area contributed by atoms with Gasteiger partial charge in [-0.1, -0.05) is 19.1 Å². The van der Waals surface area contributed by atoms with E-state index in [1.807, 2.05) is 19.1 Å². The molecule has 0 aliphatic carbocycles. The first-order valence-electron chi connectivity index (χ1n) is 5.53. The van der Waals surface area contributed by atoms with E-state index in [0.29, 0.717) is 11.3 Å². The number of anilines is 1. The van der Waals surface area contributed by atoms with Gasteiger partial charge in [-0.15, -0.1) is 0 Å². The Morgan fingerprint density at radius 3 is 2.65 bits per heavy atom. The van der Waals surface area contributed by atoms with Crippen molar-refractivity contribution < 1.29 is 4.79 Å². The van der Waals surface area contributed by atoms with Gasteiger partial charge in [-0.05, 0) is 25.5 Å². The molecule has 3 N–H and O–H groups in total. The van der Waals surface area contributed by atoms with E-state index in [-0.39, 0.29) is 17.9 Å². The van der Waals surface area contributed by atoms with Gasteiger partial charge in [0.25, 0.3) is 0 Å². The molecule has 0 aliphatic rings. The van der Waals surface area contributed by atoms with Gasteiger partial charge in [0, 0.05) is 6.04 Å². The zero-order chi connectivity index (χ0) is 13.0. The highest BCUT2D eigenvalue weighted by atomic mass is 16.1. The van der Waals surface area contributed by atoms with Gasteiger partial charge in [0.05, 0.1) is 17.2 Å². The SMILES string of the molecule is Cc1cccc(NC(=O)C(C)C(C)N)c1C#N. The van der Waals surface area contributed by atoms with Crippen molar-refractivity contribution >= 4 is 11.6 Å². The minimum absolute atomic E-state index is 0.165. The maximum atomic E-state index is 11.8. The summed E-state index contributed by atoms with van der Waals surface area (Å²) in [6.07, 6.45) is 0. The molecular weight excluding hydrogens is 214 g/mol. The van der Waals surface area contributed by atoms with Crippen molar-refractivity contribution in [3.8, 4) is 6.07 Å². The van der Waals surface area contributed by atoms with Crippen LogP contribution in [0.2, 0.25) is 0 Å². The zero-order valence-electron chi connectivity index (χ0n) is 10.3. The van der Waals surface area contributed by atoms with Crippen LogP contribution in [0.3, 0.4) is 0 Å². The van der Waals surface area contributed by atoms with Crippen LogP contribution in [0.5, 0.6) is 0 Å². The number of nitrogens with zero attached hydrogens (tertiary/aromatic N) is 1. The second-order valence-electron chi connectivity index (χ2n) is 4.25. The van der Waals surface area contributed by atoms with Crippen LogP contribution in [-0.4, -0.2) is 11.9 Å². The summed E-state index contributed by atoms with van der Waals surface area (Å²) in [5.41, 5.74) is 7.56. The van der Waals surface area contributed by atoms with Crippen LogP contribution < -0.4 is 11.1 Å². The van der Waals surface area contributed by atoms with Gasteiger partial charge in [0.2, 0.25) is 5.91 Å². The van der Waals surface area contributed by atoms with Crippen LogP contribution >= 0.6 is 0 Å². The number of amides is 1. The van der Waals surface area contributed by atoms with Crippen LogP contribution in [0.25, 0.3) is 0 Å². The van der Waals surface area contributed by atoms with Gasteiger partial charge >= 0.3 is 0 Å². The first-order chi connectivity index (χ1) is 7.97. The topological polar surface area (TPSA) is 78.9 Å². The number of nitrogens with one attached hydrogen (secondary N) is 1. The molecule has 1 aromatic rings. The summed E-state index contributed by atoms with van der Waals surface area (Å²) in [5, 5.41) is 11.8. The molecule has 0 saturated heterocycles. The Balaban J connectivity index is 2.94. The van der Waals surface area contributed by atoms with Crippen molar-refractivity contribution in [2.75, 3.05) is 5.32 Å². The number of nitriles is 1. The molecule has 0 radical (unpaired) electrons. The quantitative estimate of drug-likeness (QED) is 0.832. The van der Waals surface area contributed by atoms with Gasteiger partial charge in [-0.25, -0.2) is 0 Å². The van der Waals surface area contributed by atoms with E-state index in [9.17, 15) is 4.79 Å². The second-order valence-corrected chi connectivity index (χ2v) is 4.25. The molecule has 0 fully saturated rings. The lowest BCUT2D eigenvalue weighted by Crippen LogP contribution is -2.34. The molecule has 17 heavy (non-hydrogen) atoms. The zero-order valence-corrected chi connectivity index (χ0v) is 10.3. The predicted molar refractivity (Wildman–Crippen MR) is 67.3 cm³/mol. The fourth-order valence-corrected chi connectivity index (χ4v) is 1.41. The van der Waals surface area contributed by atoms with Crippen LogP contribution in [0.4, 0.5) is 5.69 Å². The second kappa shape index (κ2) is 5.46. The van der Waals surface area contributed by atoms with E-state index in [1.54, 1.807) is 19.9 Å². The molecular formula is C13H17N3O. The largest absolute Gasteiger partial charge is 0.327 e. The Kier molecular flexibility index (Phi) is 4.24. The number of aryl methyl sites for hydroxylation is 1. The van der Waals surface area contributed by atoms with Crippen molar-refractivity contribution in [2.24, 2.45) is 11.7 Å². The first-order valence-corrected chi connectivity index (χ1v) is 5.53. The number of hydrogen-bond donors (Lipinski definition) is 2. The normalized spacial score (nSPS) is 13.6. The first kappa shape index (κ1) is 13.2. The van der Waals surface area contributed by atoms with E-state index in [4.69, 9.17) is 11.0 Å². The number of nitrogens with two attached hydrogens (primary N) is 1. The molecule has 0 bridgehead atoms. The van der Waals surface area contributed by atoms with E-state index >= 15 is 0 Å². The minimum atomic E-state index is -0.290. The molecule has 0 aromatic heterocycles. The number of carbonyl (C=O) groups excluding carboxylic acids is 1. The third-order valence-electron chi connectivity index (χ3n) is 2.84. The molecule has 1 aromatic carbocycles. The number of carbonyl (C=O) groups is 1. The summed E-state index contributed by atoms with van der Waals surface area (Å²) in [6, 6.07) is 7.24.